The van der Waals surface area contributed by atoms with E-state index in [0.29, 0.717) is 5.56 Å². The van der Waals surface area contributed by atoms with Crippen molar-refractivity contribution in [2.45, 2.75) is 0 Å². The Morgan fingerprint density at radius 2 is 1.67 bits per heavy atom. The van der Waals surface area contributed by atoms with E-state index >= 15 is 0 Å². The molecule has 0 heterocycles. The second-order valence-electron chi connectivity index (χ2n) is 5.50. The van der Waals surface area contributed by atoms with Crippen LogP contribution in [0.3, 0.4) is 0 Å². The summed E-state index contributed by atoms with van der Waals surface area (Å²) < 4.78 is 38.6. The van der Waals surface area contributed by atoms with Crippen molar-refractivity contribution in [3.63, 3.8) is 0 Å². The maximum atomic E-state index is 13.5. The van der Waals surface area contributed by atoms with Gasteiger partial charge in [-0.1, -0.05) is 42.5 Å². The molecule has 2 rings (SSSR count). The van der Waals surface area contributed by atoms with Crippen LogP contribution in [0.1, 0.15) is 15.9 Å². The molecule has 2 aromatic carbocycles. The van der Waals surface area contributed by atoms with Crippen LogP contribution >= 0.6 is 0 Å². The van der Waals surface area contributed by atoms with Gasteiger partial charge in [-0.05, 0) is 23.8 Å². The lowest BCUT2D eigenvalue weighted by atomic mass is 10.2. The summed E-state index contributed by atoms with van der Waals surface area (Å²) in [4.78, 5) is 23.6. The van der Waals surface area contributed by atoms with Crippen molar-refractivity contribution >= 4 is 27.9 Å². The highest BCUT2D eigenvalue weighted by atomic mass is 32.2. The number of halogens is 1. The molecule has 0 fully saturated rings. The fourth-order valence-electron chi connectivity index (χ4n) is 2.00. The molecule has 0 aromatic heterocycles. The topological polar surface area (TPSA) is 95.6 Å². The van der Waals surface area contributed by atoms with E-state index in [1.54, 1.807) is 30.3 Å². The van der Waals surface area contributed by atoms with E-state index < -0.39 is 34.2 Å². The zero-order valence-corrected chi connectivity index (χ0v) is 15.2. The number of benzene rings is 2. The van der Waals surface area contributed by atoms with Gasteiger partial charge < -0.3 is 0 Å². The highest BCUT2D eigenvalue weighted by Crippen LogP contribution is 2.07. The average Bonchev–Trinajstić information content (AvgIpc) is 2.65. The lowest BCUT2D eigenvalue weighted by molar-refractivity contribution is -0.121. The van der Waals surface area contributed by atoms with Crippen LogP contribution in [0.4, 0.5) is 4.39 Å². The molecule has 0 atom stereocenters. The van der Waals surface area contributed by atoms with Crippen molar-refractivity contribution in [2.24, 2.45) is 0 Å². The first-order chi connectivity index (χ1) is 12.8. The predicted octanol–water partition coefficient (Wildman–Crippen LogP) is 1.52. The fourth-order valence-corrected chi connectivity index (χ4v) is 2.84. The Kier molecular flexibility index (Phi) is 6.80. The number of nitrogens with one attached hydrogen (secondary N) is 2. The third-order valence-electron chi connectivity index (χ3n) is 3.47. The predicted molar refractivity (Wildman–Crippen MR) is 99.0 cm³/mol. The summed E-state index contributed by atoms with van der Waals surface area (Å²) in [6.07, 6.45) is 1.41. The van der Waals surface area contributed by atoms with Crippen molar-refractivity contribution in [3.8, 4) is 0 Å². The summed E-state index contributed by atoms with van der Waals surface area (Å²) in [5, 5.41) is 0.980. The molecule has 0 saturated carbocycles. The first-order valence-corrected chi connectivity index (χ1v) is 9.33. The number of amides is 2. The van der Waals surface area contributed by atoms with Crippen LogP contribution in [0.2, 0.25) is 0 Å². The maximum Gasteiger partial charge on any atom is 0.272 e. The molecule has 2 aromatic rings. The van der Waals surface area contributed by atoms with Crippen LogP contribution in [0.15, 0.2) is 60.0 Å². The lowest BCUT2D eigenvalue weighted by Crippen LogP contribution is -2.46. The Balaban J connectivity index is 1.90. The molecule has 9 heteroatoms. The van der Waals surface area contributed by atoms with Crippen molar-refractivity contribution in [1.82, 2.24) is 15.2 Å². The second kappa shape index (κ2) is 9.06. The Morgan fingerprint density at radius 3 is 2.33 bits per heavy atom. The third-order valence-corrected chi connectivity index (χ3v) is 4.94. The van der Waals surface area contributed by atoms with Gasteiger partial charge in [0.05, 0.1) is 12.1 Å². The molecule has 0 aliphatic rings. The number of hydrogen-bond donors (Lipinski definition) is 2. The molecule has 0 radical (unpaired) electrons. The molecule has 0 aliphatic carbocycles. The monoisotopic (exact) mass is 391 g/mol. The van der Waals surface area contributed by atoms with Gasteiger partial charge in [0, 0.05) is 12.5 Å². The van der Waals surface area contributed by atoms with E-state index in [0.717, 1.165) is 15.8 Å². The molecule has 7 nitrogen and oxygen atoms in total. The van der Waals surface area contributed by atoms with Crippen LogP contribution in [-0.4, -0.2) is 38.1 Å². The highest BCUT2D eigenvalue weighted by Gasteiger charge is 2.18. The van der Waals surface area contributed by atoms with Crippen molar-refractivity contribution in [2.75, 3.05) is 13.6 Å². The number of likely N-dealkylation sites (N-methyl/N-ethyl adjacent to an activating group) is 1. The van der Waals surface area contributed by atoms with E-state index in [-0.39, 0.29) is 5.56 Å². The minimum Gasteiger partial charge on any atom is -0.272 e. The van der Waals surface area contributed by atoms with E-state index in [4.69, 9.17) is 0 Å². The number of hydrazine groups is 1. The molecule has 0 aliphatic heterocycles. The first-order valence-electron chi connectivity index (χ1n) is 7.83. The molecule has 27 heavy (non-hydrogen) atoms. The number of nitrogens with zero attached hydrogens (tertiary/aromatic N) is 1. The number of hydrogen-bond acceptors (Lipinski definition) is 4. The van der Waals surface area contributed by atoms with E-state index in [9.17, 15) is 22.4 Å². The number of carbonyl (C=O) groups is 2. The van der Waals surface area contributed by atoms with Gasteiger partial charge in [-0.2, -0.15) is 4.31 Å². The van der Waals surface area contributed by atoms with Gasteiger partial charge in [0.25, 0.3) is 11.8 Å². The normalized spacial score (nSPS) is 11.5. The van der Waals surface area contributed by atoms with E-state index in [1.807, 2.05) is 10.9 Å². The Hall–Kier alpha value is -3.04. The molecule has 2 amide bonds. The van der Waals surface area contributed by atoms with Gasteiger partial charge in [0.2, 0.25) is 10.0 Å². The van der Waals surface area contributed by atoms with Gasteiger partial charge in [-0.15, -0.1) is 0 Å². The van der Waals surface area contributed by atoms with Gasteiger partial charge >= 0.3 is 0 Å². The fraction of sp³-hybridized carbons (Fsp3) is 0.111. The number of carbonyl (C=O) groups excluding carboxylic acids is 2. The summed E-state index contributed by atoms with van der Waals surface area (Å²) >= 11 is 0. The van der Waals surface area contributed by atoms with Crippen molar-refractivity contribution < 1.29 is 22.4 Å². The Morgan fingerprint density at radius 1 is 1.04 bits per heavy atom. The Labute approximate surface area is 156 Å². The molecule has 0 unspecified atom stereocenters. The first kappa shape index (κ1) is 20.3. The largest absolute Gasteiger partial charge is 0.272 e. The molecule has 0 spiro atoms. The minimum atomic E-state index is -3.83. The zero-order chi connectivity index (χ0) is 19.9. The van der Waals surface area contributed by atoms with Crippen molar-refractivity contribution in [3.05, 3.63) is 76.9 Å². The van der Waals surface area contributed by atoms with Crippen LogP contribution in [-0.2, 0) is 14.8 Å². The summed E-state index contributed by atoms with van der Waals surface area (Å²) in [6, 6.07) is 14.1. The van der Waals surface area contributed by atoms with Crippen LogP contribution in [0.25, 0.3) is 6.08 Å². The lowest BCUT2D eigenvalue weighted by Gasteiger charge is -2.14. The summed E-state index contributed by atoms with van der Waals surface area (Å²) in [7, 11) is -2.61. The quantitative estimate of drug-likeness (QED) is 0.730. The third kappa shape index (κ3) is 6.01. The number of sulfonamides is 1. The smallest absolute Gasteiger partial charge is 0.272 e. The summed E-state index contributed by atoms with van der Waals surface area (Å²) in [5.41, 5.74) is 4.53. The minimum absolute atomic E-state index is 0.246. The van der Waals surface area contributed by atoms with Gasteiger partial charge in [0.1, 0.15) is 5.82 Å². The second-order valence-corrected chi connectivity index (χ2v) is 7.42. The van der Waals surface area contributed by atoms with Crippen molar-refractivity contribution in [1.29, 1.82) is 0 Å². The summed E-state index contributed by atoms with van der Waals surface area (Å²) in [5.74, 6) is -2.37. The SMILES string of the molecule is CN(CC(=O)NNC(=O)c1ccccc1F)S(=O)(=O)/C=C/c1ccccc1. The molecular formula is C18H18FN3O4S. The van der Waals surface area contributed by atoms with Crippen LogP contribution < -0.4 is 10.9 Å². The standard InChI is InChI=1S/C18H18FN3O4S/c1-22(27(25,26)12-11-14-7-3-2-4-8-14)13-17(23)20-21-18(24)15-9-5-6-10-16(15)19/h2-12H,13H2,1H3,(H,20,23)(H,21,24)/b12-11+. The molecule has 0 saturated heterocycles. The Bertz CT molecular complexity index is 946. The van der Waals surface area contributed by atoms with Crippen LogP contribution in [0, 0.1) is 5.82 Å². The molecule has 0 bridgehead atoms. The van der Waals surface area contributed by atoms with Gasteiger partial charge in [-0.25, -0.2) is 12.8 Å². The molecular weight excluding hydrogens is 373 g/mol. The van der Waals surface area contributed by atoms with E-state index in [1.165, 1.54) is 31.3 Å². The molecule has 2 N–H and O–H groups in total. The highest BCUT2D eigenvalue weighted by molar-refractivity contribution is 7.92. The summed E-state index contributed by atoms with van der Waals surface area (Å²) in [6.45, 7) is -0.529. The van der Waals surface area contributed by atoms with E-state index in [2.05, 4.69) is 0 Å². The average molecular weight is 391 g/mol. The van der Waals surface area contributed by atoms with Gasteiger partial charge in [0.15, 0.2) is 0 Å². The van der Waals surface area contributed by atoms with Gasteiger partial charge in [-0.3, -0.25) is 20.4 Å². The maximum absolute atomic E-state index is 13.5. The molecule has 142 valence electrons. The van der Waals surface area contributed by atoms with Crippen LogP contribution in [0.5, 0.6) is 0 Å². The number of rotatable bonds is 6. The zero-order valence-electron chi connectivity index (χ0n) is 14.4.